The third-order valence-corrected chi connectivity index (χ3v) is 2.72. The van der Waals surface area contributed by atoms with E-state index < -0.39 is 5.82 Å². The standard InChI is InChI=1S/C9H5BrClFN2O/c10-5-1-4(6(11)2-7(5)12)8-3-9(13)14-15-8/h1-3H,(H2,13,14). The molecule has 0 aliphatic rings. The number of hydrogen-bond acceptors (Lipinski definition) is 3. The van der Waals surface area contributed by atoms with Crippen LogP contribution in [0.5, 0.6) is 0 Å². The van der Waals surface area contributed by atoms with E-state index in [0.717, 1.165) is 0 Å². The number of nitrogen functional groups attached to an aromatic ring is 1. The lowest BCUT2D eigenvalue weighted by atomic mass is 10.2. The quantitative estimate of drug-likeness (QED) is 0.818. The number of rotatable bonds is 1. The largest absolute Gasteiger partial charge is 0.381 e. The average molecular weight is 292 g/mol. The minimum Gasteiger partial charge on any atom is -0.381 e. The van der Waals surface area contributed by atoms with Crippen molar-refractivity contribution in [3.63, 3.8) is 0 Å². The molecule has 2 N–H and O–H groups in total. The second kappa shape index (κ2) is 3.83. The number of aromatic nitrogens is 1. The third kappa shape index (κ3) is 1.98. The lowest BCUT2D eigenvalue weighted by Gasteiger charge is -2.01. The highest BCUT2D eigenvalue weighted by atomic mass is 79.9. The lowest BCUT2D eigenvalue weighted by Crippen LogP contribution is -1.82. The molecule has 0 unspecified atom stereocenters. The fraction of sp³-hybridized carbons (Fsp3) is 0. The fourth-order valence-corrected chi connectivity index (χ4v) is 1.71. The van der Waals surface area contributed by atoms with Gasteiger partial charge in [0.2, 0.25) is 0 Å². The van der Waals surface area contributed by atoms with Crippen LogP contribution >= 0.6 is 27.5 Å². The predicted octanol–water partition coefficient (Wildman–Crippen LogP) is 3.48. The van der Waals surface area contributed by atoms with Crippen molar-refractivity contribution in [2.45, 2.75) is 0 Å². The van der Waals surface area contributed by atoms with Crippen molar-refractivity contribution >= 4 is 33.3 Å². The predicted molar refractivity (Wildman–Crippen MR) is 59.0 cm³/mol. The molecule has 0 fully saturated rings. The fourth-order valence-electron chi connectivity index (χ4n) is 1.13. The van der Waals surface area contributed by atoms with E-state index in [1.807, 2.05) is 0 Å². The monoisotopic (exact) mass is 290 g/mol. The van der Waals surface area contributed by atoms with Crippen LogP contribution in [0.4, 0.5) is 10.2 Å². The van der Waals surface area contributed by atoms with Gasteiger partial charge in [-0.05, 0) is 28.1 Å². The van der Waals surface area contributed by atoms with Crippen molar-refractivity contribution in [1.82, 2.24) is 5.16 Å². The second-order valence-corrected chi connectivity index (χ2v) is 4.12. The number of benzene rings is 1. The molecule has 0 bridgehead atoms. The van der Waals surface area contributed by atoms with Gasteiger partial charge in [-0.1, -0.05) is 16.8 Å². The Morgan fingerprint density at radius 2 is 2.13 bits per heavy atom. The summed E-state index contributed by atoms with van der Waals surface area (Å²) in [6, 6.07) is 4.23. The summed E-state index contributed by atoms with van der Waals surface area (Å²) in [5.41, 5.74) is 5.94. The first kappa shape index (κ1) is 10.4. The van der Waals surface area contributed by atoms with Crippen LogP contribution in [0.3, 0.4) is 0 Å². The summed E-state index contributed by atoms with van der Waals surface area (Å²) in [6.07, 6.45) is 0. The molecule has 0 aliphatic heterocycles. The Kier molecular flexibility index (Phi) is 2.67. The minimum absolute atomic E-state index is 0.242. The third-order valence-electron chi connectivity index (χ3n) is 1.80. The molecule has 0 saturated heterocycles. The van der Waals surface area contributed by atoms with Crippen LogP contribution in [-0.4, -0.2) is 5.16 Å². The van der Waals surface area contributed by atoms with Crippen molar-refractivity contribution in [1.29, 1.82) is 0 Å². The van der Waals surface area contributed by atoms with Crippen molar-refractivity contribution in [3.05, 3.63) is 33.5 Å². The van der Waals surface area contributed by atoms with Crippen LogP contribution in [-0.2, 0) is 0 Å². The number of nitrogens with two attached hydrogens (primary N) is 1. The van der Waals surface area contributed by atoms with E-state index in [0.29, 0.717) is 15.8 Å². The molecule has 0 aliphatic carbocycles. The van der Waals surface area contributed by atoms with E-state index >= 15 is 0 Å². The summed E-state index contributed by atoms with van der Waals surface area (Å²) in [6.45, 7) is 0. The van der Waals surface area contributed by atoms with Crippen LogP contribution < -0.4 is 5.73 Å². The Morgan fingerprint density at radius 3 is 2.73 bits per heavy atom. The highest BCUT2D eigenvalue weighted by molar-refractivity contribution is 9.10. The van der Waals surface area contributed by atoms with E-state index in [-0.39, 0.29) is 10.8 Å². The molecule has 1 aromatic carbocycles. The van der Waals surface area contributed by atoms with Gasteiger partial charge in [0.05, 0.1) is 9.50 Å². The van der Waals surface area contributed by atoms with Crippen LogP contribution in [0.2, 0.25) is 5.02 Å². The maximum absolute atomic E-state index is 13.1. The summed E-state index contributed by atoms with van der Waals surface area (Å²) < 4.78 is 18.3. The Balaban J connectivity index is 2.58. The van der Waals surface area contributed by atoms with E-state index in [1.54, 1.807) is 0 Å². The molecule has 1 aromatic heterocycles. The first-order chi connectivity index (χ1) is 7.08. The van der Waals surface area contributed by atoms with Crippen molar-refractivity contribution in [2.75, 3.05) is 5.73 Å². The number of nitrogens with zero attached hydrogens (tertiary/aromatic N) is 1. The molecule has 2 aromatic rings. The van der Waals surface area contributed by atoms with Gasteiger partial charge in [-0.25, -0.2) is 4.39 Å². The highest BCUT2D eigenvalue weighted by Gasteiger charge is 2.12. The summed E-state index contributed by atoms with van der Waals surface area (Å²) in [7, 11) is 0. The SMILES string of the molecule is Nc1cc(-c2cc(Br)c(F)cc2Cl)on1. The van der Waals surface area contributed by atoms with Crippen LogP contribution in [0.25, 0.3) is 11.3 Å². The van der Waals surface area contributed by atoms with Gasteiger partial charge < -0.3 is 10.3 Å². The maximum Gasteiger partial charge on any atom is 0.170 e. The van der Waals surface area contributed by atoms with Gasteiger partial charge in [-0.2, -0.15) is 0 Å². The molecule has 2 rings (SSSR count). The van der Waals surface area contributed by atoms with Crippen molar-refractivity contribution in [3.8, 4) is 11.3 Å². The molecule has 0 saturated carbocycles. The number of anilines is 1. The molecule has 6 heteroatoms. The number of hydrogen-bond donors (Lipinski definition) is 1. The average Bonchev–Trinajstić information content (AvgIpc) is 2.58. The molecular formula is C9H5BrClFN2O. The van der Waals surface area contributed by atoms with Crippen molar-refractivity contribution in [2.24, 2.45) is 0 Å². The Bertz CT molecular complexity index is 515. The molecule has 15 heavy (non-hydrogen) atoms. The molecule has 0 amide bonds. The van der Waals surface area contributed by atoms with E-state index in [1.165, 1.54) is 18.2 Å². The molecule has 0 radical (unpaired) electrons. The van der Waals surface area contributed by atoms with Gasteiger partial charge in [0.25, 0.3) is 0 Å². The zero-order valence-electron chi connectivity index (χ0n) is 7.30. The Hall–Kier alpha value is -1.07. The molecule has 78 valence electrons. The summed E-state index contributed by atoms with van der Waals surface area (Å²) in [5, 5.41) is 3.76. The molecule has 0 spiro atoms. The first-order valence-electron chi connectivity index (χ1n) is 3.95. The summed E-state index contributed by atoms with van der Waals surface area (Å²) in [5.74, 6) is 0.218. The zero-order valence-corrected chi connectivity index (χ0v) is 9.64. The van der Waals surface area contributed by atoms with Gasteiger partial charge in [0.1, 0.15) is 5.82 Å². The zero-order chi connectivity index (χ0) is 11.0. The molecule has 1 heterocycles. The summed E-state index contributed by atoms with van der Waals surface area (Å²) >= 11 is 8.91. The van der Waals surface area contributed by atoms with Gasteiger partial charge >= 0.3 is 0 Å². The summed E-state index contributed by atoms with van der Waals surface area (Å²) in [4.78, 5) is 0. The van der Waals surface area contributed by atoms with Gasteiger partial charge in [0, 0.05) is 11.6 Å². The lowest BCUT2D eigenvalue weighted by molar-refractivity contribution is 0.435. The number of halogens is 3. The smallest absolute Gasteiger partial charge is 0.170 e. The van der Waals surface area contributed by atoms with Crippen LogP contribution in [0.15, 0.2) is 27.2 Å². The first-order valence-corrected chi connectivity index (χ1v) is 5.12. The molecular weight excluding hydrogens is 286 g/mol. The Labute approximate surface area is 98.1 Å². The topological polar surface area (TPSA) is 52.0 Å². The Morgan fingerprint density at radius 1 is 1.40 bits per heavy atom. The van der Waals surface area contributed by atoms with Gasteiger partial charge in [0.15, 0.2) is 11.6 Å². The van der Waals surface area contributed by atoms with E-state index in [9.17, 15) is 4.39 Å². The van der Waals surface area contributed by atoms with E-state index in [2.05, 4.69) is 21.1 Å². The highest BCUT2D eigenvalue weighted by Crippen LogP contribution is 2.33. The second-order valence-electron chi connectivity index (χ2n) is 2.86. The van der Waals surface area contributed by atoms with Crippen molar-refractivity contribution < 1.29 is 8.91 Å². The van der Waals surface area contributed by atoms with Gasteiger partial charge in [-0.3, -0.25) is 0 Å². The van der Waals surface area contributed by atoms with Gasteiger partial charge in [-0.15, -0.1) is 0 Å². The van der Waals surface area contributed by atoms with E-state index in [4.69, 9.17) is 21.9 Å². The maximum atomic E-state index is 13.1. The van der Waals surface area contributed by atoms with Crippen LogP contribution in [0, 0.1) is 5.82 Å². The van der Waals surface area contributed by atoms with Crippen LogP contribution in [0.1, 0.15) is 0 Å². The normalized spacial score (nSPS) is 10.6. The minimum atomic E-state index is -0.434. The molecule has 0 atom stereocenters. The molecule has 3 nitrogen and oxygen atoms in total.